The van der Waals surface area contributed by atoms with Crippen molar-refractivity contribution >= 4 is 44.3 Å². The second-order valence-electron chi connectivity index (χ2n) is 15.6. The van der Waals surface area contributed by atoms with Crippen LogP contribution < -0.4 is 10.0 Å². The largest absolute Gasteiger partial charge is 0.353 e. The van der Waals surface area contributed by atoms with Crippen molar-refractivity contribution in [3.8, 4) is 23.0 Å². The molecule has 2 aliphatic carbocycles. The molecule has 5 heterocycles. The summed E-state index contributed by atoms with van der Waals surface area (Å²) in [5.74, 6) is -1.72. The van der Waals surface area contributed by atoms with Crippen molar-refractivity contribution < 1.29 is 44.3 Å². The van der Waals surface area contributed by atoms with E-state index in [0.717, 1.165) is 18.4 Å². The number of nitrogens with zero attached hydrogens (tertiary/aromatic N) is 7. The Labute approximate surface area is 354 Å². The van der Waals surface area contributed by atoms with Crippen LogP contribution in [-0.4, -0.2) is 61.3 Å². The number of hydrogen-bond donors (Lipinski definition) is 2. The molecule has 1 aliphatic heterocycles. The predicted molar refractivity (Wildman–Crippen MR) is 213 cm³/mol. The average molecular weight is 898 g/mol. The van der Waals surface area contributed by atoms with E-state index in [1.54, 1.807) is 44.6 Å². The summed E-state index contributed by atoms with van der Waals surface area (Å²) >= 11 is 6.65. The lowest BCUT2D eigenvalue weighted by Crippen LogP contribution is -2.35. The first-order chi connectivity index (χ1) is 29.3. The van der Waals surface area contributed by atoms with Crippen molar-refractivity contribution in [3.63, 3.8) is 0 Å². The van der Waals surface area contributed by atoms with Crippen LogP contribution in [-0.2, 0) is 57.6 Å². The first kappa shape index (κ1) is 41.4. The minimum absolute atomic E-state index is 0.0204. The fourth-order valence-electron chi connectivity index (χ4n) is 8.61. The molecule has 4 atom stereocenters. The highest BCUT2D eigenvalue weighted by atomic mass is 35.5. The Balaban J connectivity index is 1.20. The van der Waals surface area contributed by atoms with E-state index >= 15 is 8.78 Å². The molecule has 0 bridgehead atoms. The van der Waals surface area contributed by atoms with Crippen molar-refractivity contribution in [2.45, 2.75) is 62.8 Å². The summed E-state index contributed by atoms with van der Waals surface area (Å²) in [6, 6.07) is 7.72. The minimum atomic E-state index is -3.84. The van der Waals surface area contributed by atoms with Gasteiger partial charge < -0.3 is 14.6 Å². The van der Waals surface area contributed by atoms with Gasteiger partial charge in [0.1, 0.15) is 35.3 Å². The number of aromatic nitrogens is 7. The minimum Gasteiger partial charge on any atom is -0.353 e. The van der Waals surface area contributed by atoms with E-state index in [-0.39, 0.29) is 57.1 Å². The molecule has 9 rings (SSSR count). The molecule has 0 radical (unpaired) electrons. The van der Waals surface area contributed by atoms with Crippen LogP contribution in [0.25, 0.3) is 22.0 Å². The lowest BCUT2D eigenvalue weighted by Gasteiger charge is -2.29. The molecule has 1 fully saturated rings. The molecule has 2 N–H and O–H groups in total. The van der Waals surface area contributed by atoms with Gasteiger partial charge in [-0.25, -0.2) is 35.9 Å². The Morgan fingerprint density at radius 3 is 2.55 bits per heavy atom. The van der Waals surface area contributed by atoms with E-state index < -0.39 is 81.3 Å². The van der Waals surface area contributed by atoms with Crippen LogP contribution in [0.2, 0.25) is 5.02 Å². The summed E-state index contributed by atoms with van der Waals surface area (Å²) in [7, 11) is -2.30. The van der Waals surface area contributed by atoms with Gasteiger partial charge in [0.2, 0.25) is 15.9 Å². The monoisotopic (exact) mass is 897 g/mol. The van der Waals surface area contributed by atoms with Gasteiger partial charge >= 0.3 is 0 Å². The first-order valence-electron chi connectivity index (χ1n) is 19.2. The highest BCUT2D eigenvalue weighted by Gasteiger charge is 2.67. The van der Waals surface area contributed by atoms with Crippen molar-refractivity contribution in [1.29, 1.82) is 0 Å². The summed E-state index contributed by atoms with van der Waals surface area (Å²) in [5.41, 5.74) is -1.77. The third-order valence-electron chi connectivity index (χ3n) is 11.2. The zero-order valence-corrected chi connectivity index (χ0v) is 34.4. The average Bonchev–Trinajstić information content (AvgIpc) is 3.40. The van der Waals surface area contributed by atoms with Crippen molar-refractivity contribution in [2.75, 3.05) is 17.6 Å². The number of amides is 1. The van der Waals surface area contributed by atoms with Gasteiger partial charge in [0.25, 0.3) is 12.3 Å². The first-order valence-corrected chi connectivity index (χ1v) is 21.4. The van der Waals surface area contributed by atoms with Gasteiger partial charge in [-0.2, -0.15) is 19.0 Å². The van der Waals surface area contributed by atoms with Gasteiger partial charge in [-0.05, 0) is 67.5 Å². The van der Waals surface area contributed by atoms with Gasteiger partial charge in [0.15, 0.2) is 17.2 Å². The van der Waals surface area contributed by atoms with E-state index in [1.165, 1.54) is 10.7 Å². The molecule has 0 spiro atoms. The Morgan fingerprint density at radius 1 is 1.08 bits per heavy atom. The number of halogens is 7. The summed E-state index contributed by atoms with van der Waals surface area (Å²) in [5, 5.41) is 11.2. The molecule has 62 heavy (non-hydrogen) atoms. The maximum atomic E-state index is 15.5. The second kappa shape index (κ2) is 14.9. The quantitative estimate of drug-likeness (QED) is 0.112. The van der Waals surface area contributed by atoms with Crippen LogP contribution in [0.1, 0.15) is 71.5 Å². The number of carbonyl (C=O) groups is 1. The van der Waals surface area contributed by atoms with Gasteiger partial charge in [0.05, 0.1) is 40.5 Å². The standard InChI is InChI=1S/C41H34ClF6N9O4S/c1-40(39-49-10-11-56(39)12-13-61-40)9-8-23-4-5-24(25-6-7-28(42)32-35(25)55(2)53-38(32)54-62(3,59)60)33(50-23)29(16-20-14-21(43)17-22(44)15-20)51-30(58)19-57-36-31(34(52-57)37(45)46)26-18-27(26)41(36,47)48/h4-7,10-11,14-15,17,26-27,29,37H,12-13,16,18-19H2,1-3H3,(H,51,58)(H,53,54)/t26-,27+,29-,40?/m0/s1. The van der Waals surface area contributed by atoms with Crippen LogP contribution in [0, 0.1) is 29.4 Å². The summed E-state index contributed by atoms with van der Waals surface area (Å²) in [4.78, 5) is 23.4. The molecular formula is C41H34ClF6N9O4S. The number of hydrogen-bond acceptors (Lipinski definition) is 8. The highest BCUT2D eigenvalue weighted by molar-refractivity contribution is 7.92. The fraction of sp³-hybridized carbons (Fsp3) is 0.341. The van der Waals surface area contributed by atoms with E-state index in [0.29, 0.717) is 40.8 Å². The molecule has 0 saturated heterocycles. The van der Waals surface area contributed by atoms with Crippen molar-refractivity contribution in [3.05, 3.63) is 111 Å². The molecule has 1 amide bonds. The van der Waals surface area contributed by atoms with E-state index in [9.17, 15) is 30.8 Å². The number of carbonyl (C=O) groups excluding carboxylic acids is 1. The van der Waals surface area contributed by atoms with Crippen molar-refractivity contribution in [1.82, 2.24) is 39.4 Å². The van der Waals surface area contributed by atoms with Crippen LogP contribution >= 0.6 is 11.6 Å². The number of aryl methyl sites for hydroxylation is 1. The number of sulfonamides is 1. The summed E-state index contributed by atoms with van der Waals surface area (Å²) in [6.45, 7) is 1.72. The van der Waals surface area contributed by atoms with Crippen LogP contribution in [0.15, 0.2) is 54.9 Å². The molecule has 322 valence electrons. The van der Waals surface area contributed by atoms with Gasteiger partial charge in [-0.15, -0.1) is 0 Å². The predicted octanol–water partition coefficient (Wildman–Crippen LogP) is 6.88. The molecule has 2 aromatic carbocycles. The zero-order valence-electron chi connectivity index (χ0n) is 32.9. The van der Waals surface area contributed by atoms with E-state index in [4.69, 9.17) is 21.3 Å². The SMILES string of the molecule is Cn1nc(NS(C)(=O)=O)c2c(Cl)ccc(-c3ccc(C#CC4(C)OCCn5ccnc54)nc3[C@H](Cc3cc(F)cc(F)c3)NC(=O)Cn3nc(C(F)F)c4c3C(F)(F)[C@@H]3C[C@H]43)c21. The maximum absolute atomic E-state index is 15.5. The Bertz CT molecular complexity index is 2990. The van der Waals surface area contributed by atoms with Crippen LogP contribution in [0.3, 0.4) is 0 Å². The Morgan fingerprint density at radius 2 is 1.82 bits per heavy atom. The van der Waals surface area contributed by atoms with Gasteiger partial charge in [-0.3, -0.25) is 18.9 Å². The van der Waals surface area contributed by atoms with E-state index in [1.807, 2.05) is 4.57 Å². The lowest BCUT2D eigenvalue weighted by molar-refractivity contribution is -0.123. The lowest BCUT2D eigenvalue weighted by atomic mass is 9.93. The van der Waals surface area contributed by atoms with Crippen LogP contribution in [0.4, 0.5) is 32.2 Å². The van der Waals surface area contributed by atoms with Crippen molar-refractivity contribution in [2.24, 2.45) is 13.0 Å². The highest BCUT2D eigenvalue weighted by Crippen LogP contribution is 2.68. The number of nitrogens with one attached hydrogen (secondary N) is 2. The fourth-order valence-corrected chi connectivity index (χ4v) is 9.35. The molecular weight excluding hydrogens is 864 g/mol. The number of ether oxygens (including phenoxy) is 1. The topological polar surface area (TPSA) is 151 Å². The number of rotatable bonds is 10. The number of imidazole rings is 1. The second-order valence-corrected chi connectivity index (χ2v) is 17.8. The zero-order chi connectivity index (χ0) is 44.0. The summed E-state index contributed by atoms with van der Waals surface area (Å²) in [6.07, 6.45) is 0.869. The number of anilines is 1. The molecule has 13 nitrogen and oxygen atoms in total. The maximum Gasteiger partial charge on any atom is 0.293 e. The number of alkyl halides is 4. The molecule has 4 aromatic heterocycles. The number of pyridine rings is 1. The molecule has 1 saturated carbocycles. The summed E-state index contributed by atoms with van der Waals surface area (Å²) < 4.78 is 126. The molecule has 3 aliphatic rings. The normalized spacial score (nSPS) is 20.3. The van der Waals surface area contributed by atoms with Gasteiger partial charge in [0, 0.05) is 54.7 Å². The van der Waals surface area contributed by atoms with Gasteiger partial charge in [-0.1, -0.05) is 23.6 Å². The molecule has 1 unspecified atom stereocenters. The third-order valence-corrected chi connectivity index (χ3v) is 12.1. The number of fused-ring (bicyclic) bond motifs is 5. The third kappa shape index (κ3) is 7.34. The number of benzene rings is 2. The van der Waals surface area contributed by atoms with Crippen LogP contribution in [0.5, 0.6) is 0 Å². The molecule has 21 heteroatoms. The molecule has 6 aromatic rings. The Hall–Kier alpha value is -5.91. The van der Waals surface area contributed by atoms with E-state index in [2.05, 4.69) is 37.1 Å². The Kier molecular flexibility index (Phi) is 9.94. The smallest absolute Gasteiger partial charge is 0.293 e.